The van der Waals surface area contributed by atoms with Crippen LogP contribution in [0.1, 0.15) is 6.92 Å². The largest absolute Gasteiger partial charge is 0.376 e. The lowest BCUT2D eigenvalue weighted by atomic mass is 10.2. The number of Topliss-reactive ketones (excluding diaryl/α,β-unsaturated/α-hetero) is 1. The first-order valence-corrected chi connectivity index (χ1v) is 4.16. The van der Waals surface area contributed by atoms with E-state index in [1.807, 2.05) is 0 Å². The third-order valence-corrected chi connectivity index (χ3v) is 1.70. The Kier molecular flexibility index (Phi) is 4.08. The van der Waals surface area contributed by atoms with Crippen LogP contribution in [0.5, 0.6) is 0 Å². The molecule has 1 rings (SSSR count). The molecule has 74 valence electrons. The molecule has 1 fully saturated rings. The number of ketones is 1. The second kappa shape index (κ2) is 5.11. The molecular formula is C9H14O4. The summed E-state index contributed by atoms with van der Waals surface area (Å²) < 4.78 is 15.0. The fraction of sp³-hybridized carbons (Fsp3) is 0.667. The van der Waals surface area contributed by atoms with E-state index in [2.05, 4.69) is 6.58 Å². The zero-order valence-electron chi connectivity index (χ0n) is 7.75. The fourth-order valence-corrected chi connectivity index (χ4v) is 0.712. The van der Waals surface area contributed by atoms with Crippen LogP contribution in [-0.2, 0) is 19.0 Å². The van der Waals surface area contributed by atoms with Gasteiger partial charge in [0.05, 0.1) is 13.2 Å². The smallest absolute Gasteiger partial charge is 0.183 e. The predicted molar refractivity (Wildman–Crippen MR) is 46.3 cm³/mol. The molecule has 4 heteroatoms. The standard InChI is InChI=1S/C9H14O4/c1-7(2)9(10)5-12-6-13-8-3-11-4-8/h8H,1,3-6H2,2H3. The molecule has 0 amide bonds. The Morgan fingerprint density at radius 2 is 2.31 bits per heavy atom. The molecule has 0 N–H and O–H groups in total. The average Bonchev–Trinajstić information content (AvgIpc) is 2.00. The number of rotatable bonds is 6. The van der Waals surface area contributed by atoms with Crippen LogP contribution in [0.15, 0.2) is 12.2 Å². The van der Waals surface area contributed by atoms with Gasteiger partial charge in [0.2, 0.25) is 0 Å². The molecule has 0 bridgehead atoms. The summed E-state index contributed by atoms with van der Waals surface area (Å²) in [6.07, 6.45) is 0.139. The van der Waals surface area contributed by atoms with Crippen molar-refractivity contribution in [2.24, 2.45) is 0 Å². The van der Waals surface area contributed by atoms with E-state index in [-0.39, 0.29) is 25.3 Å². The van der Waals surface area contributed by atoms with E-state index in [1.165, 1.54) is 0 Å². The Bertz CT molecular complexity index is 196. The van der Waals surface area contributed by atoms with Gasteiger partial charge in [0.1, 0.15) is 19.5 Å². The lowest BCUT2D eigenvalue weighted by molar-refractivity contribution is -0.179. The van der Waals surface area contributed by atoms with Gasteiger partial charge in [0, 0.05) is 0 Å². The van der Waals surface area contributed by atoms with Crippen LogP contribution in [0.25, 0.3) is 0 Å². The van der Waals surface area contributed by atoms with E-state index in [1.54, 1.807) is 6.92 Å². The SMILES string of the molecule is C=C(C)C(=O)COCOC1COC1. The summed E-state index contributed by atoms with van der Waals surface area (Å²) in [5.41, 5.74) is 0.506. The molecule has 0 radical (unpaired) electrons. The second-order valence-corrected chi connectivity index (χ2v) is 3.00. The van der Waals surface area contributed by atoms with Crippen molar-refractivity contribution in [1.29, 1.82) is 0 Å². The highest BCUT2D eigenvalue weighted by Gasteiger charge is 2.18. The van der Waals surface area contributed by atoms with Crippen molar-refractivity contribution in [3.05, 3.63) is 12.2 Å². The highest BCUT2D eigenvalue weighted by atomic mass is 16.7. The van der Waals surface area contributed by atoms with E-state index in [4.69, 9.17) is 14.2 Å². The maximum Gasteiger partial charge on any atom is 0.183 e. The number of carbonyl (C=O) groups excluding carboxylic acids is 1. The first-order valence-electron chi connectivity index (χ1n) is 4.16. The molecule has 0 aromatic carbocycles. The molecule has 0 atom stereocenters. The Morgan fingerprint density at radius 1 is 1.62 bits per heavy atom. The van der Waals surface area contributed by atoms with Gasteiger partial charge in [0.15, 0.2) is 5.78 Å². The van der Waals surface area contributed by atoms with Gasteiger partial charge in [0.25, 0.3) is 0 Å². The zero-order chi connectivity index (χ0) is 9.68. The molecule has 1 aliphatic heterocycles. The summed E-state index contributed by atoms with van der Waals surface area (Å²) in [6, 6.07) is 0. The molecule has 1 heterocycles. The molecule has 1 saturated heterocycles. The quantitative estimate of drug-likeness (QED) is 0.344. The van der Waals surface area contributed by atoms with Gasteiger partial charge in [-0.2, -0.15) is 0 Å². The third-order valence-electron chi connectivity index (χ3n) is 1.70. The monoisotopic (exact) mass is 186 g/mol. The molecule has 0 aliphatic carbocycles. The predicted octanol–water partition coefficient (Wildman–Crippen LogP) is 0.521. The first kappa shape index (κ1) is 10.4. The van der Waals surface area contributed by atoms with E-state index in [9.17, 15) is 4.79 Å². The van der Waals surface area contributed by atoms with Crippen molar-refractivity contribution in [3.63, 3.8) is 0 Å². The number of carbonyl (C=O) groups is 1. The number of hydrogen-bond donors (Lipinski definition) is 0. The van der Waals surface area contributed by atoms with Crippen molar-refractivity contribution in [2.45, 2.75) is 13.0 Å². The van der Waals surface area contributed by atoms with Crippen LogP contribution in [0, 0.1) is 0 Å². The lowest BCUT2D eigenvalue weighted by Crippen LogP contribution is -2.36. The minimum atomic E-state index is -0.0894. The second-order valence-electron chi connectivity index (χ2n) is 3.00. The number of hydrogen-bond acceptors (Lipinski definition) is 4. The highest BCUT2D eigenvalue weighted by molar-refractivity contribution is 5.95. The van der Waals surface area contributed by atoms with Crippen LogP contribution in [0.2, 0.25) is 0 Å². The van der Waals surface area contributed by atoms with Gasteiger partial charge in [-0.1, -0.05) is 6.58 Å². The van der Waals surface area contributed by atoms with E-state index in [0.29, 0.717) is 18.8 Å². The topological polar surface area (TPSA) is 44.8 Å². The van der Waals surface area contributed by atoms with Crippen LogP contribution in [0.3, 0.4) is 0 Å². The summed E-state index contributed by atoms with van der Waals surface area (Å²) in [4.78, 5) is 11.0. The van der Waals surface area contributed by atoms with Gasteiger partial charge in [-0.15, -0.1) is 0 Å². The average molecular weight is 186 g/mol. The minimum Gasteiger partial charge on any atom is -0.376 e. The Balaban J connectivity index is 1.94. The van der Waals surface area contributed by atoms with Crippen LogP contribution in [-0.4, -0.2) is 38.5 Å². The summed E-state index contributed by atoms with van der Waals surface area (Å²) >= 11 is 0. The molecule has 0 aromatic heterocycles. The van der Waals surface area contributed by atoms with Gasteiger partial charge < -0.3 is 14.2 Å². The van der Waals surface area contributed by atoms with Gasteiger partial charge in [-0.3, -0.25) is 4.79 Å². The maximum atomic E-state index is 11.0. The van der Waals surface area contributed by atoms with Crippen LogP contribution in [0.4, 0.5) is 0 Å². The van der Waals surface area contributed by atoms with E-state index < -0.39 is 0 Å². The van der Waals surface area contributed by atoms with E-state index >= 15 is 0 Å². The molecule has 1 aliphatic rings. The van der Waals surface area contributed by atoms with Crippen molar-refractivity contribution < 1.29 is 19.0 Å². The first-order chi connectivity index (χ1) is 6.20. The molecular weight excluding hydrogens is 172 g/mol. The minimum absolute atomic E-state index is 0.0446. The van der Waals surface area contributed by atoms with Crippen molar-refractivity contribution in [1.82, 2.24) is 0 Å². The molecule has 13 heavy (non-hydrogen) atoms. The van der Waals surface area contributed by atoms with Gasteiger partial charge in [-0.25, -0.2) is 0 Å². The fourth-order valence-electron chi connectivity index (χ4n) is 0.712. The molecule has 4 nitrogen and oxygen atoms in total. The summed E-state index contributed by atoms with van der Waals surface area (Å²) in [5.74, 6) is -0.0894. The van der Waals surface area contributed by atoms with Crippen LogP contribution >= 0.6 is 0 Å². The molecule has 0 spiro atoms. The molecule has 0 unspecified atom stereocenters. The normalized spacial score (nSPS) is 16.7. The highest BCUT2D eigenvalue weighted by Crippen LogP contribution is 2.04. The zero-order valence-corrected chi connectivity index (χ0v) is 7.75. The summed E-state index contributed by atoms with van der Waals surface area (Å²) in [5, 5.41) is 0. The summed E-state index contributed by atoms with van der Waals surface area (Å²) in [6.45, 7) is 6.60. The van der Waals surface area contributed by atoms with E-state index in [0.717, 1.165) is 0 Å². The van der Waals surface area contributed by atoms with Crippen molar-refractivity contribution in [3.8, 4) is 0 Å². The Labute approximate surface area is 77.5 Å². The maximum absolute atomic E-state index is 11.0. The Hall–Kier alpha value is -0.710. The summed E-state index contributed by atoms with van der Waals surface area (Å²) in [7, 11) is 0. The number of ether oxygens (including phenoxy) is 3. The van der Waals surface area contributed by atoms with Crippen molar-refractivity contribution >= 4 is 5.78 Å². The lowest BCUT2D eigenvalue weighted by Gasteiger charge is -2.25. The van der Waals surface area contributed by atoms with Gasteiger partial charge in [-0.05, 0) is 12.5 Å². The third kappa shape index (κ3) is 3.67. The van der Waals surface area contributed by atoms with Crippen LogP contribution < -0.4 is 0 Å². The Morgan fingerprint density at radius 3 is 2.77 bits per heavy atom. The molecule has 0 saturated carbocycles. The van der Waals surface area contributed by atoms with Gasteiger partial charge >= 0.3 is 0 Å². The molecule has 0 aromatic rings. The van der Waals surface area contributed by atoms with Crippen molar-refractivity contribution in [2.75, 3.05) is 26.6 Å².